The molecule has 0 bridgehead atoms. The van der Waals surface area contributed by atoms with E-state index in [4.69, 9.17) is 4.74 Å². The Bertz CT molecular complexity index is 489. The highest BCUT2D eigenvalue weighted by molar-refractivity contribution is 5.87. The molecule has 1 aromatic rings. The van der Waals surface area contributed by atoms with Gasteiger partial charge < -0.3 is 9.84 Å². The third-order valence-electron chi connectivity index (χ3n) is 4.71. The van der Waals surface area contributed by atoms with Crippen LogP contribution in [0.25, 0.3) is 0 Å². The van der Waals surface area contributed by atoms with Gasteiger partial charge in [-0.3, -0.25) is 4.79 Å². The molecule has 0 spiro atoms. The van der Waals surface area contributed by atoms with E-state index >= 15 is 0 Å². The van der Waals surface area contributed by atoms with Crippen LogP contribution >= 0.6 is 0 Å². The predicted molar refractivity (Wildman–Crippen MR) is 77.0 cm³/mol. The van der Waals surface area contributed by atoms with Crippen molar-refractivity contribution < 1.29 is 14.6 Å². The maximum absolute atomic E-state index is 12.5. The zero-order chi connectivity index (χ0) is 14.0. The number of fused-ring (bicyclic) bond motifs is 1. The van der Waals surface area contributed by atoms with E-state index in [1.54, 1.807) is 0 Å². The number of aliphatic hydroxyl groups is 1. The standard InChI is InChI=1S/C17H22O3/c18-16(17(19)9-4-1-5-10-17)12-13-8-11-20-15-7-3-2-6-14(13)15/h2-3,6-7,13,19H,1,4-5,8-12H2. The topological polar surface area (TPSA) is 46.5 Å². The number of carbonyl (C=O) groups is 1. The van der Waals surface area contributed by atoms with Gasteiger partial charge in [0.25, 0.3) is 0 Å². The maximum Gasteiger partial charge on any atom is 0.164 e. The zero-order valence-electron chi connectivity index (χ0n) is 11.8. The molecule has 108 valence electrons. The van der Waals surface area contributed by atoms with Crippen LogP contribution in [0.3, 0.4) is 0 Å². The van der Waals surface area contributed by atoms with Gasteiger partial charge in [-0.2, -0.15) is 0 Å². The minimum Gasteiger partial charge on any atom is -0.493 e. The molecular formula is C17H22O3. The number of hydrogen-bond donors (Lipinski definition) is 1. The van der Waals surface area contributed by atoms with Gasteiger partial charge in [-0.1, -0.05) is 37.5 Å². The molecule has 2 aliphatic rings. The highest BCUT2D eigenvalue weighted by Crippen LogP contribution is 2.38. The molecule has 1 fully saturated rings. The summed E-state index contributed by atoms with van der Waals surface area (Å²) in [6.07, 6.45) is 5.64. The first kappa shape index (κ1) is 13.6. The van der Waals surface area contributed by atoms with Crippen LogP contribution in [0, 0.1) is 0 Å². The minimum atomic E-state index is -1.06. The molecular weight excluding hydrogens is 252 g/mol. The smallest absolute Gasteiger partial charge is 0.164 e. The van der Waals surface area contributed by atoms with Gasteiger partial charge in [-0.05, 0) is 36.8 Å². The number of Topliss-reactive ketones (excluding diaryl/α,β-unsaturated/α-hetero) is 1. The maximum atomic E-state index is 12.5. The van der Waals surface area contributed by atoms with Crippen LogP contribution in [0.15, 0.2) is 24.3 Å². The first-order valence-electron chi connectivity index (χ1n) is 7.66. The Kier molecular flexibility index (Phi) is 3.79. The summed E-state index contributed by atoms with van der Waals surface area (Å²) in [5.41, 5.74) is 0.0531. The van der Waals surface area contributed by atoms with Gasteiger partial charge in [0.2, 0.25) is 0 Å². The Morgan fingerprint density at radius 3 is 2.80 bits per heavy atom. The molecule has 1 atom stereocenters. The molecule has 0 amide bonds. The fourth-order valence-corrected chi connectivity index (χ4v) is 3.46. The number of benzene rings is 1. The van der Waals surface area contributed by atoms with Crippen molar-refractivity contribution in [3.05, 3.63) is 29.8 Å². The molecule has 3 heteroatoms. The van der Waals surface area contributed by atoms with Crippen LogP contribution in [-0.4, -0.2) is 23.1 Å². The molecule has 0 radical (unpaired) electrons. The Hall–Kier alpha value is -1.35. The summed E-state index contributed by atoms with van der Waals surface area (Å²) in [6.45, 7) is 0.660. The summed E-state index contributed by atoms with van der Waals surface area (Å²) >= 11 is 0. The van der Waals surface area contributed by atoms with Gasteiger partial charge in [0, 0.05) is 6.42 Å². The summed E-state index contributed by atoms with van der Waals surface area (Å²) in [6, 6.07) is 7.94. The summed E-state index contributed by atoms with van der Waals surface area (Å²) in [5.74, 6) is 1.12. The second kappa shape index (κ2) is 5.57. The van der Waals surface area contributed by atoms with E-state index in [9.17, 15) is 9.90 Å². The molecule has 1 aliphatic heterocycles. The SMILES string of the molecule is O=C(CC1CCOc2ccccc21)C1(O)CCCCC1. The number of hydrogen-bond acceptors (Lipinski definition) is 3. The zero-order valence-corrected chi connectivity index (χ0v) is 11.8. The number of carbonyl (C=O) groups excluding carboxylic acids is 1. The monoisotopic (exact) mass is 274 g/mol. The summed E-state index contributed by atoms with van der Waals surface area (Å²) in [4.78, 5) is 12.5. The highest BCUT2D eigenvalue weighted by Gasteiger charge is 2.38. The van der Waals surface area contributed by atoms with E-state index in [0.29, 0.717) is 25.9 Å². The molecule has 1 aromatic carbocycles. The first-order chi connectivity index (χ1) is 9.69. The Morgan fingerprint density at radius 1 is 1.25 bits per heavy atom. The van der Waals surface area contributed by atoms with Gasteiger partial charge >= 0.3 is 0 Å². The Labute approximate surface area is 120 Å². The number of ketones is 1. The van der Waals surface area contributed by atoms with Crippen molar-refractivity contribution in [3.63, 3.8) is 0 Å². The van der Waals surface area contributed by atoms with Crippen LogP contribution in [0.1, 0.15) is 56.4 Å². The molecule has 1 unspecified atom stereocenters. The first-order valence-corrected chi connectivity index (χ1v) is 7.66. The third kappa shape index (κ3) is 2.59. The van der Waals surface area contributed by atoms with Crippen molar-refractivity contribution in [2.45, 2.75) is 56.5 Å². The average molecular weight is 274 g/mol. The molecule has 3 rings (SSSR count). The van der Waals surface area contributed by atoms with Crippen LogP contribution in [-0.2, 0) is 4.79 Å². The predicted octanol–water partition coefficient (Wildman–Crippen LogP) is 3.21. The van der Waals surface area contributed by atoms with Crippen molar-refractivity contribution in [2.24, 2.45) is 0 Å². The fraction of sp³-hybridized carbons (Fsp3) is 0.588. The molecule has 1 N–H and O–H groups in total. The van der Waals surface area contributed by atoms with E-state index in [0.717, 1.165) is 37.0 Å². The van der Waals surface area contributed by atoms with Crippen molar-refractivity contribution in [3.8, 4) is 5.75 Å². The van der Waals surface area contributed by atoms with E-state index in [1.165, 1.54) is 0 Å². The van der Waals surface area contributed by atoms with Gasteiger partial charge in [0.15, 0.2) is 5.78 Å². The summed E-state index contributed by atoms with van der Waals surface area (Å²) in [5, 5.41) is 10.5. The van der Waals surface area contributed by atoms with Crippen LogP contribution in [0.4, 0.5) is 0 Å². The van der Waals surface area contributed by atoms with E-state index in [-0.39, 0.29) is 11.7 Å². The molecule has 1 saturated carbocycles. The van der Waals surface area contributed by atoms with Crippen LogP contribution in [0.2, 0.25) is 0 Å². The fourth-order valence-electron chi connectivity index (χ4n) is 3.46. The second-order valence-corrected chi connectivity index (χ2v) is 6.09. The molecule has 3 nitrogen and oxygen atoms in total. The summed E-state index contributed by atoms with van der Waals surface area (Å²) < 4.78 is 5.63. The second-order valence-electron chi connectivity index (χ2n) is 6.09. The normalized spacial score (nSPS) is 24.6. The lowest BCUT2D eigenvalue weighted by molar-refractivity contribution is -0.141. The van der Waals surface area contributed by atoms with Crippen molar-refractivity contribution >= 4 is 5.78 Å². The van der Waals surface area contributed by atoms with E-state index < -0.39 is 5.60 Å². The Balaban J connectivity index is 1.74. The van der Waals surface area contributed by atoms with Crippen molar-refractivity contribution in [1.29, 1.82) is 0 Å². The number of para-hydroxylation sites is 1. The van der Waals surface area contributed by atoms with Crippen molar-refractivity contribution in [2.75, 3.05) is 6.61 Å². The van der Waals surface area contributed by atoms with Gasteiger partial charge in [-0.25, -0.2) is 0 Å². The number of ether oxygens (including phenoxy) is 1. The molecule has 20 heavy (non-hydrogen) atoms. The molecule has 0 aromatic heterocycles. The van der Waals surface area contributed by atoms with Crippen LogP contribution < -0.4 is 4.74 Å². The number of rotatable bonds is 3. The van der Waals surface area contributed by atoms with Crippen LogP contribution in [0.5, 0.6) is 5.75 Å². The van der Waals surface area contributed by atoms with Gasteiger partial charge in [0.05, 0.1) is 6.61 Å². The summed E-state index contributed by atoms with van der Waals surface area (Å²) in [7, 11) is 0. The largest absolute Gasteiger partial charge is 0.493 e. The third-order valence-corrected chi connectivity index (χ3v) is 4.71. The molecule has 1 heterocycles. The quantitative estimate of drug-likeness (QED) is 0.920. The molecule has 1 aliphatic carbocycles. The lowest BCUT2D eigenvalue weighted by Gasteiger charge is -2.33. The Morgan fingerprint density at radius 2 is 2.00 bits per heavy atom. The molecule has 0 saturated heterocycles. The average Bonchev–Trinajstić information content (AvgIpc) is 2.48. The van der Waals surface area contributed by atoms with E-state index in [2.05, 4.69) is 0 Å². The minimum absolute atomic E-state index is 0.0268. The van der Waals surface area contributed by atoms with Crippen molar-refractivity contribution in [1.82, 2.24) is 0 Å². The lowest BCUT2D eigenvalue weighted by atomic mass is 9.77. The van der Waals surface area contributed by atoms with E-state index in [1.807, 2.05) is 24.3 Å². The lowest BCUT2D eigenvalue weighted by Crippen LogP contribution is -2.41. The highest BCUT2D eigenvalue weighted by atomic mass is 16.5. The van der Waals surface area contributed by atoms with Gasteiger partial charge in [0.1, 0.15) is 11.4 Å². The van der Waals surface area contributed by atoms with Gasteiger partial charge in [-0.15, -0.1) is 0 Å².